The number of rotatable bonds is 2. The van der Waals surface area contributed by atoms with Gasteiger partial charge in [-0.1, -0.05) is 127 Å². The number of hydrogen-bond acceptors (Lipinski definition) is 1. The highest BCUT2D eigenvalue weighted by molar-refractivity contribution is 6.23. The molecule has 1 heterocycles. The largest absolute Gasteiger partial charge is 0.456 e. The van der Waals surface area contributed by atoms with E-state index in [2.05, 4.69) is 6.07 Å². The first-order valence-corrected chi connectivity index (χ1v) is 14.9. The molecule has 0 aliphatic heterocycles. The normalized spacial score (nSPS) is 14.5. The van der Waals surface area contributed by atoms with Crippen molar-refractivity contribution in [2.45, 2.75) is 0 Å². The molecule has 9 aromatic carbocycles. The van der Waals surface area contributed by atoms with E-state index < -0.39 is 24.2 Å². The van der Waals surface area contributed by atoms with Crippen molar-refractivity contribution in [1.82, 2.24) is 0 Å². The molecular weight excluding hydrogens is 544 g/mol. The monoisotopic (exact) mass is 578 g/mol. The van der Waals surface area contributed by atoms with Gasteiger partial charge in [-0.15, -0.1) is 0 Å². The van der Waals surface area contributed by atoms with E-state index >= 15 is 0 Å². The van der Waals surface area contributed by atoms with Gasteiger partial charge in [-0.3, -0.25) is 0 Å². The molecule has 0 aliphatic carbocycles. The van der Waals surface area contributed by atoms with Crippen molar-refractivity contribution in [2.75, 3.05) is 0 Å². The standard InChI is InChI=1S/C44H26O/c1-2-11-29-26-42-40(24-28(29)10-1)39-25-32(20-22-41(39)45-42)44-37-15-7-5-13-35(37)43(36-14-6-8-16-38(36)44)31-19-21-34-30(23-31)18-17-27-9-3-4-12-33(27)34/h1-26H/i5D,6D,7D,8D,13D,14D,15D,16D. The van der Waals surface area contributed by atoms with Crippen LogP contribution in [0.2, 0.25) is 0 Å². The van der Waals surface area contributed by atoms with Crippen LogP contribution < -0.4 is 0 Å². The molecule has 0 spiro atoms. The smallest absolute Gasteiger partial charge is 0.136 e. The Labute approximate surface area is 270 Å². The topological polar surface area (TPSA) is 13.1 Å². The van der Waals surface area contributed by atoms with Crippen molar-refractivity contribution < 1.29 is 15.4 Å². The summed E-state index contributed by atoms with van der Waals surface area (Å²) in [7, 11) is 0. The molecule has 0 radical (unpaired) electrons. The van der Waals surface area contributed by atoms with Crippen molar-refractivity contribution in [3.63, 3.8) is 0 Å². The molecular formula is C44H26O. The van der Waals surface area contributed by atoms with Crippen LogP contribution in [0.3, 0.4) is 0 Å². The van der Waals surface area contributed by atoms with E-state index in [4.69, 9.17) is 9.90 Å². The third kappa shape index (κ3) is 3.62. The molecule has 10 aromatic rings. The maximum atomic E-state index is 9.34. The van der Waals surface area contributed by atoms with Crippen LogP contribution in [0.15, 0.2) is 162 Å². The van der Waals surface area contributed by atoms with Gasteiger partial charge in [-0.05, 0) is 106 Å². The van der Waals surface area contributed by atoms with E-state index in [0.29, 0.717) is 33.4 Å². The molecule has 0 saturated heterocycles. The minimum absolute atomic E-state index is 0.180. The van der Waals surface area contributed by atoms with Crippen molar-refractivity contribution in [3.8, 4) is 22.3 Å². The highest BCUT2D eigenvalue weighted by atomic mass is 16.3. The van der Waals surface area contributed by atoms with E-state index in [9.17, 15) is 5.48 Å². The van der Waals surface area contributed by atoms with Crippen molar-refractivity contribution in [3.05, 3.63) is 158 Å². The molecule has 0 aliphatic rings. The summed E-state index contributed by atoms with van der Waals surface area (Å²) >= 11 is 0. The number of fused-ring (bicyclic) bond motifs is 9. The molecule has 0 bridgehead atoms. The lowest BCUT2D eigenvalue weighted by Crippen LogP contribution is -1.91. The SMILES string of the molecule is [2H]c1c([2H])c([2H])c2c(-c3ccc4oc5cc6ccccc6cc5c4c3)c3c([2H])c([2H])c([2H])c([2H])c3c(-c3ccc4c(ccc5ccccc54)c3)c2c1[2H]. The third-order valence-electron chi connectivity index (χ3n) is 9.03. The van der Waals surface area contributed by atoms with Crippen LogP contribution in [-0.2, 0) is 0 Å². The van der Waals surface area contributed by atoms with Gasteiger partial charge in [0.15, 0.2) is 0 Å². The average molecular weight is 579 g/mol. The van der Waals surface area contributed by atoms with E-state index in [1.807, 2.05) is 97.1 Å². The predicted octanol–water partition coefficient (Wildman–Crippen LogP) is 12.7. The summed E-state index contributed by atoms with van der Waals surface area (Å²) in [5.74, 6) is 0. The van der Waals surface area contributed by atoms with Gasteiger partial charge >= 0.3 is 0 Å². The molecule has 0 amide bonds. The Kier molecular flexibility index (Phi) is 3.72. The van der Waals surface area contributed by atoms with Gasteiger partial charge in [0.25, 0.3) is 0 Å². The quantitative estimate of drug-likeness (QED) is 0.147. The molecule has 1 nitrogen and oxygen atoms in total. The summed E-state index contributed by atoms with van der Waals surface area (Å²) < 4.78 is 78.8. The van der Waals surface area contributed by atoms with Gasteiger partial charge < -0.3 is 4.42 Å². The summed E-state index contributed by atoms with van der Waals surface area (Å²) in [6, 6.07) is 32.5. The number of furan rings is 1. The average Bonchev–Trinajstić information content (AvgIpc) is 3.54. The minimum atomic E-state index is -0.429. The maximum Gasteiger partial charge on any atom is 0.136 e. The molecule has 0 saturated carbocycles. The molecule has 0 N–H and O–H groups in total. The minimum Gasteiger partial charge on any atom is -0.456 e. The van der Waals surface area contributed by atoms with Crippen molar-refractivity contribution in [1.29, 1.82) is 0 Å². The molecule has 0 unspecified atom stereocenters. The summed E-state index contributed by atoms with van der Waals surface area (Å²) in [5, 5.41) is 8.44. The lowest BCUT2D eigenvalue weighted by molar-refractivity contribution is 0.669. The van der Waals surface area contributed by atoms with Gasteiger partial charge in [-0.25, -0.2) is 0 Å². The molecule has 1 heteroatoms. The van der Waals surface area contributed by atoms with Crippen LogP contribution in [0, 0.1) is 0 Å². The van der Waals surface area contributed by atoms with Crippen LogP contribution in [0.1, 0.15) is 11.0 Å². The Morgan fingerprint density at radius 2 is 0.889 bits per heavy atom. The van der Waals surface area contributed by atoms with E-state index in [0.717, 1.165) is 43.1 Å². The predicted molar refractivity (Wildman–Crippen MR) is 192 cm³/mol. The molecule has 0 atom stereocenters. The highest BCUT2D eigenvalue weighted by Crippen LogP contribution is 2.45. The van der Waals surface area contributed by atoms with Crippen molar-refractivity contribution >= 4 is 75.8 Å². The van der Waals surface area contributed by atoms with Crippen LogP contribution in [0.4, 0.5) is 0 Å². The first-order chi connectivity index (χ1) is 25.6. The first kappa shape index (κ1) is 18.0. The Morgan fingerprint density at radius 1 is 0.356 bits per heavy atom. The molecule has 0 fully saturated rings. The second-order valence-electron chi connectivity index (χ2n) is 11.5. The zero-order chi connectivity index (χ0) is 36.4. The zero-order valence-electron chi connectivity index (χ0n) is 31.8. The fourth-order valence-electron chi connectivity index (χ4n) is 6.99. The van der Waals surface area contributed by atoms with E-state index in [-0.39, 0.29) is 45.7 Å². The second kappa shape index (κ2) is 9.29. The summed E-state index contributed by atoms with van der Waals surface area (Å²) in [5.41, 5.74) is 3.06. The van der Waals surface area contributed by atoms with Crippen LogP contribution in [-0.4, -0.2) is 0 Å². The Hall–Kier alpha value is -5.92. The van der Waals surface area contributed by atoms with Crippen LogP contribution >= 0.6 is 0 Å². The number of hydrogen-bond donors (Lipinski definition) is 0. The molecule has 1 aromatic heterocycles. The van der Waals surface area contributed by atoms with Crippen LogP contribution in [0.5, 0.6) is 0 Å². The van der Waals surface area contributed by atoms with Gasteiger partial charge in [0.1, 0.15) is 11.2 Å². The summed E-state index contributed by atoms with van der Waals surface area (Å²) in [6.45, 7) is 0. The Morgan fingerprint density at radius 3 is 1.60 bits per heavy atom. The van der Waals surface area contributed by atoms with Crippen molar-refractivity contribution in [2.24, 2.45) is 0 Å². The van der Waals surface area contributed by atoms with Crippen LogP contribution in [0.25, 0.3) is 98.1 Å². The Balaban J connectivity index is 1.39. The van der Waals surface area contributed by atoms with Gasteiger partial charge in [0.05, 0.1) is 11.0 Å². The highest BCUT2D eigenvalue weighted by Gasteiger charge is 2.18. The summed E-state index contributed by atoms with van der Waals surface area (Å²) in [4.78, 5) is 0. The van der Waals surface area contributed by atoms with Gasteiger partial charge in [-0.2, -0.15) is 0 Å². The number of benzene rings is 9. The van der Waals surface area contributed by atoms with E-state index in [1.54, 1.807) is 6.07 Å². The zero-order valence-corrected chi connectivity index (χ0v) is 23.8. The molecule has 45 heavy (non-hydrogen) atoms. The van der Waals surface area contributed by atoms with E-state index in [1.165, 1.54) is 0 Å². The lowest BCUT2D eigenvalue weighted by Gasteiger charge is -2.18. The second-order valence-corrected chi connectivity index (χ2v) is 11.5. The fraction of sp³-hybridized carbons (Fsp3) is 0. The van der Waals surface area contributed by atoms with Gasteiger partial charge in [0.2, 0.25) is 0 Å². The molecule has 10 rings (SSSR count). The molecule has 208 valence electrons. The summed E-state index contributed by atoms with van der Waals surface area (Å²) in [6.07, 6.45) is 0. The maximum absolute atomic E-state index is 9.34. The first-order valence-electron chi connectivity index (χ1n) is 18.9. The fourth-order valence-corrected chi connectivity index (χ4v) is 6.99. The third-order valence-corrected chi connectivity index (χ3v) is 9.03. The van der Waals surface area contributed by atoms with Gasteiger partial charge in [0, 0.05) is 10.8 Å². The Bertz CT molecular complexity index is 3190. The lowest BCUT2D eigenvalue weighted by atomic mass is 9.85.